The van der Waals surface area contributed by atoms with Crippen LogP contribution in [0.25, 0.3) is 10.2 Å². The average molecular weight is 444 g/mol. The number of fused-ring (bicyclic) bond motifs is 1. The van der Waals surface area contributed by atoms with Crippen molar-refractivity contribution >= 4 is 44.9 Å². The molecule has 154 valence electrons. The van der Waals surface area contributed by atoms with Crippen LogP contribution in [0.4, 0.5) is 10.1 Å². The Balaban J connectivity index is 1.63. The van der Waals surface area contributed by atoms with Gasteiger partial charge in [-0.3, -0.25) is 14.2 Å². The van der Waals surface area contributed by atoms with Crippen molar-refractivity contribution in [3.8, 4) is 0 Å². The first-order valence-electron chi connectivity index (χ1n) is 9.13. The van der Waals surface area contributed by atoms with E-state index in [1.807, 2.05) is 13.8 Å². The number of nitrogens with zero attached hydrogens (tertiary/aromatic N) is 2. The third-order valence-electron chi connectivity index (χ3n) is 4.59. The van der Waals surface area contributed by atoms with Crippen LogP contribution in [-0.4, -0.2) is 21.2 Å². The second-order valence-electron chi connectivity index (χ2n) is 6.68. The summed E-state index contributed by atoms with van der Waals surface area (Å²) in [7, 11) is 0. The van der Waals surface area contributed by atoms with Crippen LogP contribution in [-0.2, 0) is 11.3 Å². The SMILES string of the molecule is Cc1sc2nc(SCC(=O)Nc3cccc(F)c3)n(Cc3ccco3)c(=O)c2c1C. The van der Waals surface area contributed by atoms with Gasteiger partial charge in [-0.15, -0.1) is 11.3 Å². The number of thioether (sulfide) groups is 1. The Hall–Kier alpha value is -2.91. The number of anilines is 1. The molecule has 1 amide bonds. The van der Waals surface area contributed by atoms with Gasteiger partial charge in [-0.25, -0.2) is 9.37 Å². The molecule has 6 nitrogen and oxygen atoms in total. The predicted molar refractivity (Wildman–Crippen MR) is 117 cm³/mol. The molecule has 0 aliphatic heterocycles. The Kier molecular flexibility index (Phi) is 5.74. The second-order valence-corrected chi connectivity index (χ2v) is 8.82. The van der Waals surface area contributed by atoms with E-state index in [9.17, 15) is 14.0 Å². The molecule has 3 aromatic heterocycles. The van der Waals surface area contributed by atoms with Gasteiger partial charge in [-0.1, -0.05) is 17.8 Å². The minimum absolute atomic E-state index is 0.0238. The number of halogens is 1. The van der Waals surface area contributed by atoms with Crippen molar-refractivity contribution in [3.63, 3.8) is 0 Å². The quantitative estimate of drug-likeness (QED) is 0.349. The first kappa shape index (κ1) is 20.4. The summed E-state index contributed by atoms with van der Waals surface area (Å²) >= 11 is 2.61. The number of hydrogen-bond acceptors (Lipinski definition) is 6. The molecule has 0 bridgehead atoms. The van der Waals surface area contributed by atoms with E-state index in [0.717, 1.165) is 22.2 Å². The van der Waals surface area contributed by atoms with Crippen LogP contribution in [0.5, 0.6) is 0 Å². The van der Waals surface area contributed by atoms with Crippen LogP contribution in [0.2, 0.25) is 0 Å². The van der Waals surface area contributed by atoms with Gasteiger partial charge in [0.05, 0.1) is 23.9 Å². The van der Waals surface area contributed by atoms with Crippen LogP contribution in [0.1, 0.15) is 16.2 Å². The summed E-state index contributed by atoms with van der Waals surface area (Å²) in [6.07, 6.45) is 1.55. The molecule has 4 aromatic rings. The second kappa shape index (κ2) is 8.45. The number of amides is 1. The molecule has 0 aliphatic carbocycles. The van der Waals surface area contributed by atoms with Crippen molar-refractivity contribution in [1.82, 2.24) is 9.55 Å². The highest BCUT2D eigenvalue weighted by Crippen LogP contribution is 2.28. The molecular formula is C21H18FN3O3S2. The van der Waals surface area contributed by atoms with Gasteiger partial charge in [-0.2, -0.15) is 0 Å². The topological polar surface area (TPSA) is 77.1 Å². The predicted octanol–water partition coefficient (Wildman–Crippen LogP) is 4.59. The zero-order chi connectivity index (χ0) is 21.3. The maximum Gasteiger partial charge on any atom is 0.263 e. The summed E-state index contributed by atoms with van der Waals surface area (Å²) in [5.74, 6) is -0.101. The van der Waals surface area contributed by atoms with E-state index >= 15 is 0 Å². The lowest BCUT2D eigenvalue weighted by molar-refractivity contribution is -0.113. The fourth-order valence-electron chi connectivity index (χ4n) is 3.01. The Bertz CT molecular complexity index is 1280. The van der Waals surface area contributed by atoms with Crippen molar-refractivity contribution in [3.05, 3.63) is 75.0 Å². The number of benzene rings is 1. The molecule has 0 spiro atoms. The molecule has 1 aromatic carbocycles. The van der Waals surface area contributed by atoms with Crippen LogP contribution in [0.3, 0.4) is 0 Å². The highest BCUT2D eigenvalue weighted by atomic mass is 32.2. The van der Waals surface area contributed by atoms with Gasteiger partial charge in [0.15, 0.2) is 5.16 Å². The molecule has 30 heavy (non-hydrogen) atoms. The molecule has 0 atom stereocenters. The van der Waals surface area contributed by atoms with Crippen LogP contribution < -0.4 is 10.9 Å². The highest BCUT2D eigenvalue weighted by molar-refractivity contribution is 7.99. The number of thiophene rings is 1. The molecule has 0 unspecified atom stereocenters. The van der Waals surface area contributed by atoms with Gasteiger partial charge in [0.25, 0.3) is 5.56 Å². The van der Waals surface area contributed by atoms with Gasteiger partial charge >= 0.3 is 0 Å². The number of carbonyl (C=O) groups excluding carboxylic acids is 1. The minimum Gasteiger partial charge on any atom is -0.467 e. The third kappa shape index (κ3) is 4.17. The number of rotatable bonds is 6. The van der Waals surface area contributed by atoms with Gasteiger partial charge in [0, 0.05) is 10.6 Å². The number of furan rings is 1. The Labute approximate surface area is 179 Å². The Morgan fingerprint density at radius 1 is 1.30 bits per heavy atom. The number of nitrogens with one attached hydrogen (secondary N) is 1. The monoisotopic (exact) mass is 443 g/mol. The first-order chi connectivity index (χ1) is 14.4. The van der Waals surface area contributed by atoms with Gasteiger partial charge < -0.3 is 9.73 Å². The number of hydrogen-bond donors (Lipinski definition) is 1. The van der Waals surface area contributed by atoms with E-state index in [0.29, 0.717) is 26.8 Å². The smallest absolute Gasteiger partial charge is 0.263 e. The average Bonchev–Trinajstić information content (AvgIpc) is 3.31. The fraction of sp³-hybridized carbons (Fsp3) is 0.190. The summed E-state index contributed by atoms with van der Waals surface area (Å²) in [5.41, 5.74) is 1.13. The summed E-state index contributed by atoms with van der Waals surface area (Å²) in [5, 5.41) is 3.68. The molecule has 3 heterocycles. The van der Waals surface area contributed by atoms with Crippen LogP contribution in [0.15, 0.2) is 57.0 Å². The van der Waals surface area contributed by atoms with E-state index in [1.54, 1.807) is 24.5 Å². The van der Waals surface area contributed by atoms with Crippen molar-refractivity contribution in [1.29, 1.82) is 0 Å². The van der Waals surface area contributed by atoms with E-state index in [4.69, 9.17) is 4.42 Å². The Morgan fingerprint density at radius 2 is 2.13 bits per heavy atom. The van der Waals surface area contributed by atoms with Crippen molar-refractivity contribution < 1.29 is 13.6 Å². The molecule has 0 fully saturated rings. The molecule has 4 rings (SSSR count). The highest BCUT2D eigenvalue weighted by Gasteiger charge is 2.18. The molecule has 0 radical (unpaired) electrons. The van der Waals surface area contributed by atoms with Crippen molar-refractivity contribution in [2.45, 2.75) is 25.5 Å². The maximum absolute atomic E-state index is 13.3. The van der Waals surface area contributed by atoms with E-state index in [-0.39, 0.29) is 23.8 Å². The van der Waals surface area contributed by atoms with Crippen LogP contribution >= 0.6 is 23.1 Å². The molecule has 0 saturated heterocycles. The lowest BCUT2D eigenvalue weighted by Crippen LogP contribution is -2.24. The Morgan fingerprint density at radius 3 is 2.87 bits per heavy atom. The van der Waals surface area contributed by atoms with Gasteiger partial charge in [0.2, 0.25) is 5.91 Å². The van der Waals surface area contributed by atoms with E-state index in [1.165, 1.54) is 34.1 Å². The molecule has 1 N–H and O–H groups in total. The fourth-order valence-corrected chi connectivity index (χ4v) is 4.88. The lowest BCUT2D eigenvalue weighted by atomic mass is 10.2. The first-order valence-corrected chi connectivity index (χ1v) is 10.9. The van der Waals surface area contributed by atoms with Gasteiger partial charge in [-0.05, 0) is 49.7 Å². The van der Waals surface area contributed by atoms with Crippen molar-refractivity contribution in [2.24, 2.45) is 0 Å². The standard InChI is InChI=1S/C21H18FN3O3S2/c1-12-13(2)30-19-18(12)20(27)25(10-16-7-4-8-28-16)21(24-19)29-11-17(26)23-15-6-3-5-14(22)9-15/h3-9H,10-11H2,1-2H3,(H,23,26). The van der Waals surface area contributed by atoms with Gasteiger partial charge in [0.1, 0.15) is 16.4 Å². The number of aryl methyl sites for hydroxylation is 2. The molecule has 0 saturated carbocycles. The maximum atomic E-state index is 13.3. The number of aromatic nitrogens is 2. The summed E-state index contributed by atoms with van der Waals surface area (Å²) in [6, 6.07) is 9.23. The summed E-state index contributed by atoms with van der Waals surface area (Å²) in [4.78, 5) is 31.9. The van der Waals surface area contributed by atoms with Crippen LogP contribution in [0, 0.1) is 19.7 Å². The zero-order valence-corrected chi connectivity index (χ0v) is 17.9. The molecule has 0 aliphatic rings. The summed E-state index contributed by atoms with van der Waals surface area (Å²) < 4.78 is 20.2. The number of carbonyl (C=O) groups is 1. The zero-order valence-electron chi connectivity index (χ0n) is 16.3. The molecular weight excluding hydrogens is 425 g/mol. The van der Waals surface area contributed by atoms with E-state index in [2.05, 4.69) is 10.3 Å². The largest absolute Gasteiger partial charge is 0.467 e. The van der Waals surface area contributed by atoms with Crippen molar-refractivity contribution in [2.75, 3.05) is 11.1 Å². The molecule has 9 heteroatoms. The van der Waals surface area contributed by atoms with E-state index < -0.39 is 5.82 Å². The normalized spacial score (nSPS) is 11.2. The lowest BCUT2D eigenvalue weighted by Gasteiger charge is -2.11. The minimum atomic E-state index is -0.428. The third-order valence-corrected chi connectivity index (χ3v) is 6.67. The summed E-state index contributed by atoms with van der Waals surface area (Å²) in [6.45, 7) is 4.09.